The lowest BCUT2D eigenvalue weighted by Gasteiger charge is -2.34. The van der Waals surface area contributed by atoms with Crippen LogP contribution in [0.25, 0.3) is 27.8 Å². The number of aromatic nitrogens is 6. The second-order valence-corrected chi connectivity index (χ2v) is 9.51. The third kappa shape index (κ3) is 5.28. The summed E-state index contributed by atoms with van der Waals surface area (Å²) in [6.45, 7) is 4.47. The van der Waals surface area contributed by atoms with Crippen molar-refractivity contribution in [3.05, 3.63) is 84.8 Å². The lowest BCUT2D eigenvalue weighted by atomic mass is 10.0. The molecule has 0 N–H and O–H groups in total. The van der Waals surface area contributed by atoms with Crippen LogP contribution in [0, 0.1) is 11.8 Å². The molecule has 9 heteroatoms. The highest BCUT2D eigenvalue weighted by Gasteiger charge is 2.18. The molecule has 0 unspecified atom stereocenters. The van der Waals surface area contributed by atoms with Crippen molar-refractivity contribution < 1.29 is 0 Å². The molecule has 0 aliphatic carbocycles. The molecule has 0 atom stereocenters. The van der Waals surface area contributed by atoms with Crippen molar-refractivity contribution >= 4 is 17.5 Å². The van der Waals surface area contributed by atoms with E-state index < -0.39 is 0 Å². The number of hydrogen-bond donors (Lipinski definition) is 0. The molecule has 194 valence electrons. The van der Waals surface area contributed by atoms with Crippen molar-refractivity contribution in [2.75, 3.05) is 44.7 Å². The molecule has 6 heterocycles. The normalized spacial score (nSPS) is 14.2. The molecule has 0 spiro atoms. The Hall–Kier alpha value is -4.81. The smallest absolute Gasteiger partial charge is 0.128 e. The number of hydrogen-bond acceptors (Lipinski definition) is 7. The zero-order valence-corrected chi connectivity index (χ0v) is 22.1. The quantitative estimate of drug-likeness (QED) is 0.264. The molecule has 1 fully saturated rings. The molecule has 6 rings (SSSR count). The van der Waals surface area contributed by atoms with Gasteiger partial charge in [0.1, 0.15) is 11.5 Å². The van der Waals surface area contributed by atoms with Crippen LogP contribution in [0.5, 0.6) is 0 Å². The Balaban J connectivity index is 1.21. The van der Waals surface area contributed by atoms with Crippen LogP contribution >= 0.6 is 0 Å². The molecule has 1 aliphatic heterocycles. The summed E-state index contributed by atoms with van der Waals surface area (Å²) in [5.41, 5.74) is 6.95. The number of aryl methyl sites for hydroxylation is 1. The zero-order chi connectivity index (χ0) is 26.6. The standard InChI is InChI=1S/C30H29N9/c1-31-17-25-19-35-39-22-24(26-20-34-36(2)21-26)16-28(30(25)39)23-8-9-29(33-18-23)38-14-12-37(13-15-38)11-5-7-27-6-3-4-10-32-27/h3-4,6,8-10,16-22H,11-15H2,1-2H3. The SMILES string of the molecule is CN=Cc1cnn2cc(-c3cnn(C)c3)cc(-c3ccc(N4CCN(CC#Cc5ccccn5)CC4)nc3)c12. The van der Waals surface area contributed by atoms with E-state index in [0.717, 1.165) is 77.6 Å². The number of aliphatic imine (C=N–C) groups is 1. The second-order valence-electron chi connectivity index (χ2n) is 9.51. The fraction of sp³-hybridized carbons (Fsp3) is 0.233. The third-order valence-corrected chi connectivity index (χ3v) is 6.89. The van der Waals surface area contributed by atoms with Gasteiger partial charge in [0.15, 0.2) is 0 Å². The van der Waals surface area contributed by atoms with E-state index >= 15 is 0 Å². The molecule has 0 saturated carbocycles. The van der Waals surface area contributed by atoms with Gasteiger partial charge in [0.25, 0.3) is 0 Å². The number of anilines is 1. The van der Waals surface area contributed by atoms with Crippen molar-refractivity contribution in [1.29, 1.82) is 0 Å². The van der Waals surface area contributed by atoms with Crippen molar-refractivity contribution in [2.45, 2.75) is 0 Å². The van der Waals surface area contributed by atoms with Crippen LogP contribution in [0.15, 0.2) is 78.6 Å². The van der Waals surface area contributed by atoms with Gasteiger partial charge in [-0.1, -0.05) is 12.0 Å². The summed E-state index contributed by atoms with van der Waals surface area (Å²) in [5.74, 6) is 7.39. The Kier molecular flexibility index (Phi) is 6.85. The van der Waals surface area contributed by atoms with Gasteiger partial charge in [-0.05, 0) is 36.3 Å². The topological polar surface area (TPSA) is 79.7 Å². The lowest BCUT2D eigenvalue weighted by molar-refractivity contribution is 0.287. The van der Waals surface area contributed by atoms with Gasteiger partial charge in [-0.3, -0.25) is 14.6 Å². The molecule has 9 nitrogen and oxygen atoms in total. The fourth-order valence-corrected chi connectivity index (χ4v) is 4.87. The highest BCUT2D eigenvalue weighted by Crippen LogP contribution is 2.32. The highest BCUT2D eigenvalue weighted by molar-refractivity contribution is 5.97. The summed E-state index contributed by atoms with van der Waals surface area (Å²) < 4.78 is 3.72. The molecular weight excluding hydrogens is 486 g/mol. The lowest BCUT2D eigenvalue weighted by Crippen LogP contribution is -2.46. The van der Waals surface area contributed by atoms with E-state index in [-0.39, 0.29) is 0 Å². The van der Waals surface area contributed by atoms with E-state index in [9.17, 15) is 0 Å². The van der Waals surface area contributed by atoms with Gasteiger partial charge < -0.3 is 4.90 Å². The number of pyridine rings is 3. The maximum absolute atomic E-state index is 4.87. The molecule has 0 aromatic carbocycles. The van der Waals surface area contributed by atoms with Gasteiger partial charge in [-0.2, -0.15) is 10.2 Å². The average Bonchev–Trinajstić information content (AvgIpc) is 3.60. The Morgan fingerprint density at radius 3 is 2.54 bits per heavy atom. The molecule has 5 aromatic heterocycles. The van der Waals surface area contributed by atoms with Crippen LogP contribution in [-0.4, -0.2) is 80.2 Å². The van der Waals surface area contributed by atoms with Crippen LogP contribution in [0.4, 0.5) is 5.82 Å². The number of fused-ring (bicyclic) bond motifs is 1. The van der Waals surface area contributed by atoms with Crippen LogP contribution in [0.1, 0.15) is 11.3 Å². The minimum atomic E-state index is 0.745. The van der Waals surface area contributed by atoms with E-state index in [4.69, 9.17) is 4.98 Å². The van der Waals surface area contributed by atoms with Crippen LogP contribution in [0.3, 0.4) is 0 Å². The summed E-state index contributed by atoms with van der Waals surface area (Å²) in [5, 5.41) is 8.95. The summed E-state index contributed by atoms with van der Waals surface area (Å²) in [6.07, 6.45) is 13.3. The first-order chi connectivity index (χ1) is 19.2. The second kappa shape index (κ2) is 10.9. The van der Waals surface area contributed by atoms with Crippen LogP contribution in [-0.2, 0) is 7.05 Å². The maximum Gasteiger partial charge on any atom is 0.128 e. The van der Waals surface area contributed by atoms with E-state index in [2.05, 4.69) is 60.0 Å². The fourth-order valence-electron chi connectivity index (χ4n) is 4.87. The summed E-state index contributed by atoms with van der Waals surface area (Å²) >= 11 is 0. The third-order valence-electron chi connectivity index (χ3n) is 6.89. The van der Waals surface area contributed by atoms with E-state index in [1.807, 2.05) is 67.0 Å². The Labute approximate surface area is 227 Å². The van der Waals surface area contributed by atoms with Gasteiger partial charge in [-0.25, -0.2) is 14.5 Å². The number of nitrogens with zero attached hydrogens (tertiary/aromatic N) is 9. The zero-order valence-electron chi connectivity index (χ0n) is 22.1. The van der Waals surface area contributed by atoms with Crippen molar-refractivity contribution in [1.82, 2.24) is 34.3 Å². The summed E-state index contributed by atoms with van der Waals surface area (Å²) in [6, 6.07) is 12.2. The van der Waals surface area contributed by atoms with Gasteiger partial charge in [0.2, 0.25) is 0 Å². The number of piperazine rings is 1. The summed E-state index contributed by atoms with van der Waals surface area (Å²) in [4.78, 5) is 18.1. The molecule has 5 aromatic rings. The molecule has 39 heavy (non-hydrogen) atoms. The molecule has 1 aliphatic rings. The molecular formula is C30H29N9. The summed E-state index contributed by atoms with van der Waals surface area (Å²) in [7, 11) is 3.70. The molecule has 0 radical (unpaired) electrons. The largest absolute Gasteiger partial charge is 0.354 e. The van der Waals surface area contributed by atoms with Gasteiger partial charge >= 0.3 is 0 Å². The first-order valence-electron chi connectivity index (χ1n) is 12.9. The Bertz CT molecular complexity index is 1660. The van der Waals surface area contributed by atoms with Crippen molar-refractivity contribution in [2.24, 2.45) is 12.0 Å². The van der Waals surface area contributed by atoms with Gasteiger partial charge in [-0.15, -0.1) is 0 Å². The highest BCUT2D eigenvalue weighted by atomic mass is 15.3. The van der Waals surface area contributed by atoms with Crippen LogP contribution in [0.2, 0.25) is 0 Å². The first-order valence-corrected chi connectivity index (χ1v) is 12.9. The van der Waals surface area contributed by atoms with Crippen molar-refractivity contribution in [3.8, 4) is 34.1 Å². The Morgan fingerprint density at radius 2 is 1.82 bits per heavy atom. The van der Waals surface area contributed by atoms with E-state index in [0.29, 0.717) is 0 Å². The minimum absolute atomic E-state index is 0.745. The average molecular weight is 516 g/mol. The predicted molar refractivity (Wildman–Crippen MR) is 154 cm³/mol. The minimum Gasteiger partial charge on any atom is -0.354 e. The van der Waals surface area contributed by atoms with E-state index in [1.54, 1.807) is 17.9 Å². The van der Waals surface area contributed by atoms with Gasteiger partial charge in [0, 0.05) is 99.1 Å². The molecule has 0 amide bonds. The molecule has 0 bridgehead atoms. The van der Waals surface area contributed by atoms with E-state index in [1.165, 1.54) is 0 Å². The maximum atomic E-state index is 4.87. The van der Waals surface area contributed by atoms with Crippen LogP contribution < -0.4 is 4.90 Å². The predicted octanol–water partition coefficient (Wildman–Crippen LogP) is 3.41. The molecule has 1 saturated heterocycles. The first kappa shape index (κ1) is 24.5. The monoisotopic (exact) mass is 515 g/mol. The van der Waals surface area contributed by atoms with Gasteiger partial charge in [0.05, 0.1) is 24.5 Å². The Morgan fingerprint density at radius 1 is 0.923 bits per heavy atom. The number of rotatable bonds is 5. The van der Waals surface area contributed by atoms with Crippen molar-refractivity contribution in [3.63, 3.8) is 0 Å².